The normalized spacial score (nSPS) is 15.5. The molecule has 0 saturated carbocycles. The maximum absolute atomic E-state index is 12.6. The van der Waals surface area contributed by atoms with Crippen molar-refractivity contribution in [3.8, 4) is 11.4 Å². The highest BCUT2D eigenvalue weighted by molar-refractivity contribution is 5.95. The maximum atomic E-state index is 12.6. The maximum Gasteiger partial charge on any atom is 0.253 e. The van der Waals surface area contributed by atoms with E-state index in [9.17, 15) is 4.79 Å². The number of benzene rings is 1. The molecule has 1 aliphatic heterocycles. The topological polar surface area (TPSA) is 71.3 Å². The number of rotatable bonds is 3. The zero-order chi connectivity index (χ0) is 17.2. The number of nitrogens with zero attached hydrogens (tertiary/aromatic N) is 3. The molecule has 128 valence electrons. The van der Waals surface area contributed by atoms with Crippen molar-refractivity contribution >= 4 is 5.91 Å². The average molecular weight is 328 g/mol. The van der Waals surface area contributed by atoms with Crippen LogP contribution in [0.15, 0.2) is 28.8 Å². The van der Waals surface area contributed by atoms with Crippen LogP contribution in [0.2, 0.25) is 0 Å². The summed E-state index contributed by atoms with van der Waals surface area (Å²) in [6.45, 7) is 9.54. The Kier molecular flexibility index (Phi) is 4.66. The van der Waals surface area contributed by atoms with Gasteiger partial charge in [0.2, 0.25) is 11.7 Å². The number of carbonyl (C=O) groups excluding carboxylic acids is 1. The number of carbonyl (C=O) groups is 1. The van der Waals surface area contributed by atoms with Gasteiger partial charge in [-0.1, -0.05) is 38.1 Å². The van der Waals surface area contributed by atoms with Gasteiger partial charge in [-0.05, 0) is 17.5 Å². The molecule has 1 saturated heterocycles. The lowest BCUT2D eigenvalue weighted by atomic mass is 9.92. The fraction of sp³-hybridized carbons (Fsp3) is 0.500. The van der Waals surface area contributed by atoms with Crippen LogP contribution in [0.4, 0.5) is 0 Å². The van der Waals surface area contributed by atoms with Crippen molar-refractivity contribution in [2.45, 2.75) is 27.2 Å². The zero-order valence-corrected chi connectivity index (χ0v) is 14.5. The lowest BCUT2D eigenvalue weighted by Gasteiger charge is -2.27. The fourth-order valence-corrected chi connectivity index (χ4v) is 2.74. The molecule has 1 amide bonds. The molecule has 3 rings (SSSR count). The predicted octanol–water partition coefficient (Wildman–Crippen LogP) is 2.37. The molecule has 0 unspecified atom stereocenters. The van der Waals surface area contributed by atoms with E-state index >= 15 is 0 Å². The molecule has 6 heteroatoms. The minimum atomic E-state index is 0.0526. The number of piperazine rings is 1. The Balaban J connectivity index is 1.79. The van der Waals surface area contributed by atoms with Crippen molar-refractivity contribution in [2.24, 2.45) is 5.41 Å². The largest absolute Gasteiger partial charge is 0.339 e. The van der Waals surface area contributed by atoms with Gasteiger partial charge in [-0.15, -0.1) is 0 Å². The van der Waals surface area contributed by atoms with E-state index in [1.54, 1.807) is 0 Å². The van der Waals surface area contributed by atoms with Gasteiger partial charge < -0.3 is 14.7 Å². The molecular weight excluding hydrogens is 304 g/mol. The molecule has 1 fully saturated rings. The molecule has 0 spiro atoms. The lowest BCUT2D eigenvalue weighted by molar-refractivity contribution is 0.0736. The minimum Gasteiger partial charge on any atom is -0.339 e. The smallest absolute Gasteiger partial charge is 0.253 e. The second-order valence-corrected chi connectivity index (χ2v) is 7.37. The third kappa shape index (κ3) is 4.00. The molecule has 0 bridgehead atoms. The van der Waals surface area contributed by atoms with Gasteiger partial charge in [0.15, 0.2) is 0 Å². The summed E-state index contributed by atoms with van der Waals surface area (Å²) in [5.74, 6) is 1.21. The van der Waals surface area contributed by atoms with Crippen LogP contribution in [0.5, 0.6) is 0 Å². The van der Waals surface area contributed by atoms with E-state index in [4.69, 9.17) is 4.52 Å². The standard InChI is InChI=1S/C18H24N4O2/c1-18(2,3)12-15-20-16(21-24-15)13-5-4-6-14(11-13)17(23)22-9-7-19-8-10-22/h4-6,11,19H,7-10,12H2,1-3H3. The first-order valence-corrected chi connectivity index (χ1v) is 8.35. The SMILES string of the molecule is CC(C)(C)Cc1nc(-c2cccc(C(=O)N3CCNCC3)c2)no1. The van der Waals surface area contributed by atoms with Gasteiger partial charge in [-0.2, -0.15) is 4.98 Å². The van der Waals surface area contributed by atoms with Crippen molar-refractivity contribution in [1.82, 2.24) is 20.4 Å². The number of nitrogens with one attached hydrogen (secondary N) is 1. The predicted molar refractivity (Wildman–Crippen MR) is 91.7 cm³/mol. The van der Waals surface area contributed by atoms with Crippen LogP contribution in [0.25, 0.3) is 11.4 Å². The first-order valence-electron chi connectivity index (χ1n) is 8.35. The Morgan fingerprint density at radius 1 is 1.29 bits per heavy atom. The summed E-state index contributed by atoms with van der Waals surface area (Å²) in [5, 5.41) is 7.32. The van der Waals surface area contributed by atoms with Gasteiger partial charge in [0, 0.05) is 43.7 Å². The molecule has 0 aliphatic carbocycles. The van der Waals surface area contributed by atoms with Gasteiger partial charge in [0.25, 0.3) is 5.91 Å². The second-order valence-electron chi connectivity index (χ2n) is 7.37. The van der Waals surface area contributed by atoms with Crippen molar-refractivity contribution in [3.05, 3.63) is 35.7 Å². The highest BCUT2D eigenvalue weighted by atomic mass is 16.5. The van der Waals surface area contributed by atoms with Crippen LogP contribution in [0, 0.1) is 5.41 Å². The van der Waals surface area contributed by atoms with E-state index in [1.807, 2.05) is 29.2 Å². The Hall–Kier alpha value is -2.21. The summed E-state index contributed by atoms with van der Waals surface area (Å²) < 4.78 is 5.35. The highest BCUT2D eigenvalue weighted by Crippen LogP contribution is 2.23. The molecule has 0 atom stereocenters. The van der Waals surface area contributed by atoms with Gasteiger partial charge in [-0.3, -0.25) is 4.79 Å². The summed E-state index contributed by atoms with van der Waals surface area (Å²) in [7, 11) is 0. The quantitative estimate of drug-likeness (QED) is 0.936. The third-order valence-electron chi connectivity index (χ3n) is 3.92. The highest BCUT2D eigenvalue weighted by Gasteiger charge is 2.20. The van der Waals surface area contributed by atoms with E-state index in [0.717, 1.165) is 38.2 Å². The summed E-state index contributed by atoms with van der Waals surface area (Å²) in [4.78, 5) is 18.9. The third-order valence-corrected chi connectivity index (χ3v) is 3.92. The molecule has 1 aromatic carbocycles. The van der Waals surface area contributed by atoms with Gasteiger partial charge in [0.05, 0.1) is 0 Å². The van der Waals surface area contributed by atoms with Crippen molar-refractivity contribution < 1.29 is 9.32 Å². The summed E-state index contributed by atoms with van der Waals surface area (Å²) in [6.07, 6.45) is 0.722. The van der Waals surface area contributed by atoms with Crippen LogP contribution in [0.3, 0.4) is 0 Å². The van der Waals surface area contributed by atoms with E-state index in [-0.39, 0.29) is 11.3 Å². The number of hydrogen-bond donors (Lipinski definition) is 1. The molecule has 1 N–H and O–H groups in total. The van der Waals surface area contributed by atoms with Crippen LogP contribution in [0.1, 0.15) is 37.0 Å². The number of aromatic nitrogens is 2. The van der Waals surface area contributed by atoms with Crippen LogP contribution in [-0.2, 0) is 6.42 Å². The first-order chi connectivity index (χ1) is 11.4. The Morgan fingerprint density at radius 2 is 2.04 bits per heavy atom. The molecule has 2 aromatic rings. The average Bonchev–Trinajstić information content (AvgIpc) is 3.01. The molecular formula is C18H24N4O2. The summed E-state index contributed by atoms with van der Waals surface area (Å²) in [5.41, 5.74) is 1.56. The van der Waals surface area contributed by atoms with Crippen LogP contribution in [-0.4, -0.2) is 47.1 Å². The molecule has 2 heterocycles. The zero-order valence-electron chi connectivity index (χ0n) is 14.5. The van der Waals surface area contributed by atoms with E-state index < -0.39 is 0 Å². The van der Waals surface area contributed by atoms with Gasteiger partial charge >= 0.3 is 0 Å². The second kappa shape index (κ2) is 6.73. The molecule has 6 nitrogen and oxygen atoms in total. The number of hydrogen-bond acceptors (Lipinski definition) is 5. The van der Waals surface area contributed by atoms with E-state index in [2.05, 4.69) is 36.2 Å². The van der Waals surface area contributed by atoms with Crippen LogP contribution >= 0.6 is 0 Å². The van der Waals surface area contributed by atoms with Crippen molar-refractivity contribution in [2.75, 3.05) is 26.2 Å². The first kappa shape index (κ1) is 16.6. The summed E-state index contributed by atoms with van der Waals surface area (Å²) in [6, 6.07) is 7.45. The molecule has 1 aliphatic rings. The van der Waals surface area contributed by atoms with Gasteiger partial charge in [0.1, 0.15) is 0 Å². The van der Waals surface area contributed by atoms with Crippen molar-refractivity contribution in [3.63, 3.8) is 0 Å². The Morgan fingerprint density at radius 3 is 2.75 bits per heavy atom. The van der Waals surface area contributed by atoms with Gasteiger partial charge in [-0.25, -0.2) is 0 Å². The molecule has 24 heavy (non-hydrogen) atoms. The number of amides is 1. The lowest BCUT2D eigenvalue weighted by Crippen LogP contribution is -2.46. The van der Waals surface area contributed by atoms with Crippen molar-refractivity contribution in [1.29, 1.82) is 0 Å². The molecule has 0 radical (unpaired) electrons. The van der Waals surface area contributed by atoms with E-state index in [1.165, 1.54) is 0 Å². The Bertz CT molecular complexity index is 712. The molecule has 1 aromatic heterocycles. The van der Waals surface area contributed by atoms with E-state index in [0.29, 0.717) is 17.3 Å². The van der Waals surface area contributed by atoms with Crippen LogP contribution < -0.4 is 5.32 Å². The summed E-state index contributed by atoms with van der Waals surface area (Å²) >= 11 is 0. The fourth-order valence-electron chi connectivity index (χ4n) is 2.74. The minimum absolute atomic E-state index is 0.0526. The monoisotopic (exact) mass is 328 g/mol. The Labute approximate surface area is 142 Å².